The molecule has 55 heavy (non-hydrogen) atoms. The molecule has 0 heterocycles. The summed E-state index contributed by atoms with van der Waals surface area (Å²) >= 11 is 0. The lowest BCUT2D eigenvalue weighted by atomic mass is 9.80. The number of para-hydroxylation sites is 1. The van der Waals surface area contributed by atoms with Crippen molar-refractivity contribution in [1.82, 2.24) is 0 Å². The highest BCUT2D eigenvalue weighted by Crippen LogP contribution is 2.52. The molecule has 0 aliphatic heterocycles. The van der Waals surface area contributed by atoms with Gasteiger partial charge in [-0.15, -0.1) is 0 Å². The minimum absolute atomic E-state index is 0.194. The van der Waals surface area contributed by atoms with Crippen LogP contribution in [0.4, 0.5) is 17.1 Å². The number of nitrogens with zero attached hydrogens (tertiary/aromatic N) is 1. The molecule has 0 N–H and O–H groups in total. The molecule has 0 unspecified atom stereocenters. The van der Waals surface area contributed by atoms with Crippen LogP contribution in [0.2, 0.25) is 0 Å². The molecule has 0 amide bonds. The van der Waals surface area contributed by atoms with Crippen LogP contribution in [0.5, 0.6) is 0 Å². The van der Waals surface area contributed by atoms with E-state index in [0.29, 0.717) is 0 Å². The van der Waals surface area contributed by atoms with Crippen LogP contribution < -0.4 is 4.90 Å². The largest absolute Gasteiger partial charge is 0.310 e. The summed E-state index contributed by atoms with van der Waals surface area (Å²) in [5, 5.41) is 0. The molecule has 0 fully saturated rings. The highest BCUT2D eigenvalue weighted by atomic mass is 15.1. The van der Waals surface area contributed by atoms with E-state index in [4.69, 9.17) is 0 Å². The van der Waals surface area contributed by atoms with E-state index < -0.39 is 0 Å². The second-order valence-corrected chi connectivity index (χ2v) is 15.5. The van der Waals surface area contributed by atoms with E-state index in [1.54, 1.807) is 0 Å². The number of hydrogen-bond donors (Lipinski definition) is 0. The van der Waals surface area contributed by atoms with E-state index in [2.05, 4.69) is 222 Å². The van der Waals surface area contributed by atoms with E-state index >= 15 is 0 Å². The highest BCUT2D eigenvalue weighted by Gasteiger charge is 2.36. The summed E-state index contributed by atoms with van der Waals surface area (Å²) in [6.07, 6.45) is 0. The molecular formula is C54H45N. The van der Waals surface area contributed by atoms with Crippen molar-refractivity contribution in [1.29, 1.82) is 0 Å². The third-order valence-corrected chi connectivity index (χ3v) is 11.8. The predicted octanol–water partition coefficient (Wildman–Crippen LogP) is 15.1. The van der Waals surface area contributed by atoms with Gasteiger partial charge in [0.2, 0.25) is 0 Å². The van der Waals surface area contributed by atoms with Crippen molar-refractivity contribution in [2.45, 2.75) is 40.0 Å². The van der Waals surface area contributed by atoms with Crippen molar-refractivity contribution in [2.24, 2.45) is 0 Å². The standard InChI is InChI=1S/C54H45N/c1-36-16-12-13-22-45(36)46-23-15-24-47(38(46)3)53-37(2)17-14-25-48(53)41-28-32-49-50-33-31-44(35-52(50)54(4,5)51(49)34-41)55(42-20-10-7-11-21-42)43-29-26-40(27-30-43)39-18-8-6-9-19-39/h6-35H,1-5H3. The zero-order chi connectivity index (χ0) is 37.7. The molecule has 0 saturated heterocycles. The Kier molecular flexibility index (Phi) is 8.59. The smallest absolute Gasteiger partial charge is 0.0465 e. The average Bonchev–Trinajstić information content (AvgIpc) is 3.44. The summed E-state index contributed by atoms with van der Waals surface area (Å²) in [6, 6.07) is 66.7. The van der Waals surface area contributed by atoms with Gasteiger partial charge in [0.05, 0.1) is 0 Å². The second kappa shape index (κ2) is 13.8. The summed E-state index contributed by atoms with van der Waals surface area (Å²) in [6.45, 7) is 11.5. The molecule has 1 nitrogen and oxygen atoms in total. The predicted molar refractivity (Wildman–Crippen MR) is 235 cm³/mol. The number of rotatable bonds is 7. The van der Waals surface area contributed by atoms with Crippen molar-refractivity contribution in [2.75, 3.05) is 4.90 Å². The number of fused-ring (bicyclic) bond motifs is 3. The lowest BCUT2D eigenvalue weighted by Crippen LogP contribution is -2.16. The SMILES string of the molecule is Cc1ccccc1-c1cccc(-c2c(C)cccc2-c2ccc3c(c2)C(C)(C)c2cc(N(c4ccccc4)c4ccc(-c5ccccc5)cc4)ccc2-3)c1C. The molecule has 8 aromatic carbocycles. The van der Waals surface area contributed by atoms with Crippen LogP contribution in [0.1, 0.15) is 41.7 Å². The van der Waals surface area contributed by atoms with Crippen LogP contribution >= 0.6 is 0 Å². The summed E-state index contributed by atoms with van der Waals surface area (Å²) < 4.78 is 0. The van der Waals surface area contributed by atoms with Crippen LogP contribution in [-0.4, -0.2) is 0 Å². The molecular weight excluding hydrogens is 663 g/mol. The topological polar surface area (TPSA) is 3.24 Å². The number of hydrogen-bond acceptors (Lipinski definition) is 1. The van der Waals surface area contributed by atoms with Crippen molar-refractivity contribution < 1.29 is 0 Å². The zero-order valence-electron chi connectivity index (χ0n) is 32.3. The molecule has 0 spiro atoms. The molecule has 0 bridgehead atoms. The van der Waals surface area contributed by atoms with Gasteiger partial charge in [-0.05, 0) is 147 Å². The Balaban J connectivity index is 1.12. The Morgan fingerprint density at radius 2 is 0.855 bits per heavy atom. The van der Waals surface area contributed by atoms with E-state index in [0.717, 1.165) is 17.1 Å². The molecule has 8 aromatic rings. The zero-order valence-corrected chi connectivity index (χ0v) is 32.3. The molecule has 266 valence electrons. The molecule has 0 aromatic heterocycles. The summed E-state index contributed by atoms with van der Waals surface area (Å²) in [7, 11) is 0. The maximum Gasteiger partial charge on any atom is 0.0465 e. The maximum absolute atomic E-state index is 2.46. The van der Waals surface area contributed by atoms with Gasteiger partial charge in [-0.2, -0.15) is 0 Å². The Hall–Kier alpha value is -6.44. The minimum atomic E-state index is -0.194. The summed E-state index contributed by atoms with van der Waals surface area (Å²) in [5.74, 6) is 0. The second-order valence-electron chi connectivity index (χ2n) is 15.5. The van der Waals surface area contributed by atoms with E-state index in [1.165, 1.54) is 83.5 Å². The van der Waals surface area contributed by atoms with Crippen molar-refractivity contribution in [3.63, 3.8) is 0 Å². The molecule has 1 aliphatic carbocycles. The molecule has 0 atom stereocenters. The number of aryl methyl sites for hydroxylation is 2. The number of anilines is 3. The van der Waals surface area contributed by atoms with Gasteiger partial charge < -0.3 is 4.90 Å². The minimum Gasteiger partial charge on any atom is -0.310 e. The van der Waals surface area contributed by atoms with Gasteiger partial charge >= 0.3 is 0 Å². The molecule has 9 rings (SSSR count). The maximum atomic E-state index is 2.46. The third-order valence-electron chi connectivity index (χ3n) is 11.8. The van der Waals surface area contributed by atoms with Gasteiger partial charge in [0.15, 0.2) is 0 Å². The van der Waals surface area contributed by atoms with E-state index in [9.17, 15) is 0 Å². The van der Waals surface area contributed by atoms with Gasteiger partial charge in [0.25, 0.3) is 0 Å². The van der Waals surface area contributed by atoms with E-state index in [1.807, 2.05) is 0 Å². The van der Waals surface area contributed by atoms with Crippen molar-refractivity contribution in [3.8, 4) is 55.6 Å². The lowest BCUT2D eigenvalue weighted by Gasteiger charge is -2.28. The van der Waals surface area contributed by atoms with Gasteiger partial charge in [-0.25, -0.2) is 0 Å². The molecule has 0 saturated carbocycles. The molecule has 0 radical (unpaired) electrons. The van der Waals surface area contributed by atoms with Crippen LogP contribution in [0, 0.1) is 20.8 Å². The van der Waals surface area contributed by atoms with Crippen LogP contribution in [-0.2, 0) is 5.41 Å². The average molecular weight is 708 g/mol. The molecule has 1 aliphatic rings. The fraction of sp³-hybridized carbons (Fsp3) is 0.111. The van der Waals surface area contributed by atoms with Gasteiger partial charge in [-0.1, -0.05) is 153 Å². The number of benzene rings is 8. The van der Waals surface area contributed by atoms with Gasteiger partial charge in [0, 0.05) is 22.5 Å². The Bertz CT molecular complexity index is 2680. The lowest BCUT2D eigenvalue weighted by molar-refractivity contribution is 0.660. The first-order valence-electron chi connectivity index (χ1n) is 19.4. The fourth-order valence-corrected chi connectivity index (χ4v) is 8.83. The van der Waals surface area contributed by atoms with E-state index in [-0.39, 0.29) is 5.41 Å². The van der Waals surface area contributed by atoms with Crippen molar-refractivity contribution in [3.05, 3.63) is 210 Å². The normalized spacial score (nSPS) is 12.6. The third kappa shape index (κ3) is 5.97. The fourth-order valence-electron chi connectivity index (χ4n) is 8.83. The van der Waals surface area contributed by atoms with Crippen molar-refractivity contribution >= 4 is 17.1 Å². The first kappa shape index (κ1) is 34.3. The van der Waals surface area contributed by atoms with Crippen LogP contribution in [0.15, 0.2) is 182 Å². The highest BCUT2D eigenvalue weighted by molar-refractivity contribution is 5.93. The van der Waals surface area contributed by atoms with Crippen LogP contribution in [0.3, 0.4) is 0 Å². The molecule has 1 heteroatoms. The Labute approximate surface area is 326 Å². The summed E-state index contributed by atoms with van der Waals surface area (Å²) in [4.78, 5) is 2.38. The first-order valence-corrected chi connectivity index (χ1v) is 19.4. The van der Waals surface area contributed by atoms with Crippen LogP contribution in [0.25, 0.3) is 55.6 Å². The Morgan fingerprint density at radius 1 is 0.345 bits per heavy atom. The van der Waals surface area contributed by atoms with Gasteiger partial charge in [-0.3, -0.25) is 0 Å². The summed E-state index contributed by atoms with van der Waals surface area (Å²) in [5.41, 5.74) is 22.6. The quantitative estimate of drug-likeness (QED) is 0.159. The Morgan fingerprint density at radius 3 is 1.60 bits per heavy atom. The van der Waals surface area contributed by atoms with Gasteiger partial charge in [0.1, 0.15) is 0 Å². The monoisotopic (exact) mass is 707 g/mol. The first-order chi connectivity index (χ1) is 26.8.